The van der Waals surface area contributed by atoms with Gasteiger partial charge in [-0.25, -0.2) is 9.78 Å². The Morgan fingerprint density at radius 1 is 1.03 bits per heavy atom. The zero-order chi connectivity index (χ0) is 20.4. The van der Waals surface area contributed by atoms with Crippen molar-refractivity contribution in [3.63, 3.8) is 0 Å². The number of carbonyl (C=O) groups excluding carboxylic acids is 2. The number of nitrogens with zero attached hydrogens (tertiary/aromatic N) is 1. The second-order valence-corrected chi connectivity index (χ2v) is 8.53. The lowest BCUT2D eigenvalue weighted by Gasteiger charge is -2.11. The Morgan fingerprint density at radius 2 is 1.76 bits per heavy atom. The molecule has 6 nitrogen and oxygen atoms in total. The van der Waals surface area contributed by atoms with E-state index in [-0.39, 0.29) is 18.0 Å². The summed E-state index contributed by atoms with van der Waals surface area (Å²) >= 11 is 1.36. The minimum atomic E-state index is -0.219. The van der Waals surface area contributed by atoms with Crippen molar-refractivity contribution >= 4 is 44.3 Å². The van der Waals surface area contributed by atoms with Crippen LogP contribution < -0.4 is 16.0 Å². The summed E-state index contributed by atoms with van der Waals surface area (Å²) in [4.78, 5) is 29.4. The lowest BCUT2D eigenvalue weighted by Crippen LogP contribution is -2.36. The van der Waals surface area contributed by atoms with Gasteiger partial charge in [-0.05, 0) is 56.0 Å². The van der Waals surface area contributed by atoms with E-state index in [2.05, 4.69) is 20.9 Å². The first-order valence-corrected chi connectivity index (χ1v) is 10.7. The van der Waals surface area contributed by atoms with Crippen LogP contribution in [0.3, 0.4) is 0 Å². The highest BCUT2D eigenvalue weighted by atomic mass is 32.1. The Labute approximate surface area is 173 Å². The Bertz CT molecular complexity index is 1050. The maximum absolute atomic E-state index is 12.7. The molecule has 1 saturated carbocycles. The van der Waals surface area contributed by atoms with E-state index in [0.717, 1.165) is 39.9 Å². The predicted octanol–water partition coefficient (Wildman–Crippen LogP) is 5.23. The van der Waals surface area contributed by atoms with Crippen LogP contribution in [0.25, 0.3) is 10.2 Å². The number of aryl methyl sites for hydroxylation is 2. The van der Waals surface area contributed by atoms with Crippen molar-refractivity contribution in [2.75, 3.05) is 10.6 Å². The van der Waals surface area contributed by atoms with Gasteiger partial charge in [-0.15, -0.1) is 0 Å². The predicted molar refractivity (Wildman–Crippen MR) is 118 cm³/mol. The van der Waals surface area contributed by atoms with E-state index in [0.29, 0.717) is 10.7 Å². The SMILES string of the molecule is Cc1cccc(C)c1NC(=O)c1ccc2nc(NC(=O)NC3CCCC3)sc2c1. The van der Waals surface area contributed by atoms with Gasteiger partial charge in [0.1, 0.15) is 0 Å². The van der Waals surface area contributed by atoms with Crippen LogP contribution in [0.2, 0.25) is 0 Å². The molecule has 7 heteroatoms. The van der Waals surface area contributed by atoms with Gasteiger partial charge in [0, 0.05) is 17.3 Å². The highest BCUT2D eigenvalue weighted by molar-refractivity contribution is 7.22. The molecule has 1 fully saturated rings. The van der Waals surface area contributed by atoms with E-state index in [4.69, 9.17) is 0 Å². The Hall–Kier alpha value is -2.93. The lowest BCUT2D eigenvalue weighted by atomic mass is 10.1. The van der Waals surface area contributed by atoms with Gasteiger partial charge >= 0.3 is 6.03 Å². The average molecular weight is 409 g/mol. The molecule has 0 saturated heterocycles. The van der Waals surface area contributed by atoms with E-state index in [9.17, 15) is 9.59 Å². The first-order chi connectivity index (χ1) is 14.0. The number of aromatic nitrogens is 1. The smallest absolute Gasteiger partial charge is 0.321 e. The Kier molecular flexibility index (Phi) is 5.49. The third kappa shape index (κ3) is 4.40. The largest absolute Gasteiger partial charge is 0.335 e. The molecule has 0 spiro atoms. The number of benzene rings is 2. The second-order valence-electron chi connectivity index (χ2n) is 7.50. The molecular weight excluding hydrogens is 384 g/mol. The Morgan fingerprint density at radius 3 is 2.48 bits per heavy atom. The molecule has 0 unspecified atom stereocenters. The number of urea groups is 1. The molecule has 0 atom stereocenters. The summed E-state index contributed by atoms with van der Waals surface area (Å²) in [5.41, 5.74) is 4.21. The maximum Gasteiger partial charge on any atom is 0.321 e. The number of carbonyl (C=O) groups is 2. The fourth-order valence-electron chi connectivity index (χ4n) is 3.71. The molecule has 0 aliphatic heterocycles. The van der Waals surface area contributed by atoms with Crippen LogP contribution in [-0.4, -0.2) is 23.0 Å². The van der Waals surface area contributed by atoms with Crippen LogP contribution in [0.4, 0.5) is 15.6 Å². The second kappa shape index (κ2) is 8.21. The molecule has 3 aromatic rings. The van der Waals surface area contributed by atoms with Crippen LogP contribution >= 0.6 is 11.3 Å². The molecule has 4 rings (SSSR count). The van der Waals surface area contributed by atoms with Crippen molar-refractivity contribution < 1.29 is 9.59 Å². The zero-order valence-corrected chi connectivity index (χ0v) is 17.4. The standard InChI is InChI=1S/C22H24N4O2S/c1-13-6-5-7-14(2)19(13)25-20(27)15-10-11-17-18(12-15)29-22(24-17)26-21(28)23-16-8-3-4-9-16/h5-7,10-12,16H,3-4,8-9H2,1-2H3,(H,25,27)(H2,23,24,26,28). The van der Waals surface area contributed by atoms with E-state index >= 15 is 0 Å². The van der Waals surface area contributed by atoms with E-state index in [1.165, 1.54) is 24.2 Å². The summed E-state index contributed by atoms with van der Waals surface area (Å²) in [5.74, 6) is -0.161. The normalized spacial score (nSPS) is 14.1. The summed E-state index contributed by atoms with van der Waals surface area (Å²) in [6, 6.07) is 11.3. The van der Waals surface area contributed by atoms with Crippen molar-refractivity contribution in [3.8, 4) is 0 Å². The van der Waals surface area contributed by atoms with E-state index < -0.39 is 0 Å². The molecule has 29 heavy (non-hydrogen) atoms. The summed E-state index contributed by atoms with van der Waals surface area (Å²) < 4.78 is 0.857. The number of anilines is 2. The van der Waals surface area contributed by atoms with E-state index in [1.54, 1.807) is 6.07 Å². The van der Waals surface area contributed by atoms with Gasteiger partial charge < -0.3 is 10.6 Å². The number of fused-ring (bicyclic) bond motifs is 1. The van der Waals surface area contributed by atoms with E-state index in [1.807, 2.05) is 44.2 Å². The molecule has 3 amide bonds. The molecule has 0 bridgehead atoms. The third-order valence-corrected chi connectivity index (χ3v) is 6.21. The van der Waals surface area contributed by atoms with Crippen LogP contribution in [-0.2, 0) is 0 Å². The third-order valence-electron chi connectivity index (χ3n) is 5.28. The maximum atomic E-state index is 12.7. The number of nitrogens with one attached hydrogen (secondary N) is 3. The molecular formula is C22H24N4O2S. The number of amides is 3. The van der Waals surface area contributed by atoms with Crippen LogP contribution in [0.1, 0.15) is 47.2 Å². The van der Waals surface area contributed by atoms with Crippen molar-refractivity contribution in [2.45, 2.75) is 45.6 Å². The fourth-order valence-corrected chi connectivity index (χ4v) is 4.61. The number of thiazole rings is 1. The lowest BCUT2D eigenvalue weighted by molar-refractivity contribution is 0.102. The zero-order valence-electron chi connectivity index (χ0n) is 16.5. The highest BCUT2D eigenvalue weighted by Crippen LogP contribution is 2.28. The van der Waals surface area contributed by atoms with Crippen LogP contribution in [0, 0.1) is 13.8 Å². The number of rotatable bonds is 4. The summed E-state index contributed by atoms with van der Waals surface area (Å²) in [5, 5.41) is 9.34. The van der Waals surface area contributed by atoms with Gasteiger partial charge in [0.2, 0.25) is 0 Å². The van der Waals surface area contributed by atoms with Crippen molar-refractivity contribution in [1.82, 2.24) is 10.3 Å². The first-order valence-electron chi connectivity index (χ1n) is 9.85. The fraction of sp³-hybridized carbons (Fsp3) is 0.318. The van der Waals surface area contributed by atoms with Crippen molar-refractivity contribution in [2.24, 2.45) is 0 Å². The molecule has 1 aromatic heterocycles. The minimum absolute atomic E-state index is 0.161. The molecule has 1 aliphatic carbocycles. The highest BCUT2D eigenvalue weighted by Gasteiger charge is 2.18. The Balaban J connectivity index is 1.47. The minimum Gasteiger partial charge on any atom is -0.335 e. The van der Waals surface area contributed by atoms with Crippen LogP contribution in [0.5, 0.6) is 0 Å². The van der Waals surface area contributed by atoms with Gasteiger partial charge in [0.25, 0.3) is 5.91 Å². The van der Waals surface area contributed by atoms with Gasteiger partial charge in [-0.2, -0.15) is 0 Å². The molecule has 2 aromatic carbocycles. The first kappa shape index (κ1) is 19.4. The van der Waals surface area contributed by atoms with Gasteiger partial charge in [0.15, 0.2) is 5.13 Å². The molecule has 3 N–H and O–H groups in total. The van der Waals surface area contributed by atoms with Gasteiger partial charge in [-0.3, -0.25) is 10.1 Å². The van der Waals surface area contributed by atoms with Crippen LogP contribution in [0.15, 0.2) is 36.4 Å². The summed E-state index contributed by atoms with van der Waals surface area (Å²) in [6.07, 6.45) is 4.40. The molecule has 1 aliphatic rings. The van der Waals surface area contributed by atoms with Crippen molar-refractivity contribution in [3.05, 3.63) is 53.1 Å². The average Bonchev–Trinajstić information content (AvgIpc) is 3.33. The number of hydrogen-bond acceptors (Lipinski definition) is 4. The quantitative estimate of drug-likeness (QED) is 0.553. The van der Waals surface area contributed by atoms with Crippen molar-refractivity contribution in [1.29, 1.82) is 0 Å². The number of hydrogen-bond donors (Lipinski definition) is 3. The molecule has 1 heterocycles. The molecule has 0 radical (unpaired) electrons. The monoisotopic (exact) mass is 408 g/mol. The molecule has 150 valence electrons. The number of para-hydroxylation sites is 1. The summed E-state index contributed by atoms with van der Waals surface area (Å²) in [7, 11) is 0. The van der Waals surface area contributed by atoms with Gasteiger partial charge in [-0.1, -0.05) is 42.4 Å². The topological polar surface area (TPSA) is 83.1 Å². The van der Waals surface area contributed by atoms with Gasteiger partial charge in [0.05, 0.1) is 10.2 Å². The summed E-state index contributed by atoms with van der Waals surface area (Å²) in [6.45, 7) is 3.95.